The van der Waals surface area contributed by atoms with E-state index in [2.05, 4.69) is 0 Å². The Labute approximate surface area is 59.7 Å². The summed E-state index contributed by atoms with van der Waals surface area (Å²) in [4.78, 5) is 0. The Morgan fingerprint density at radius 2 is 2.00 bits per heavy atom. The molecule has 0 spiro atoms. The fraction of sp³-hybridized carbons (Fsp3) is 0. The number of nitrogen functional groups attached to an aromatic ring is 1. The first-order valence-corrected chi connectivity index (χ1v) is 3.08. The second kappa shape index (κ2) is 1.77. The van der Waals surface area contributed by atoms with Gasteiger partial charge in [0.2, 0.25) is 0 Å². The van der Waals surface area contributed by atoms with E-state index in [1.54, 1.807) is 12.5 Å². The van der Waals surface area contributed by atoms with Gasteiger partial charge < -0.3 is 10.2 Å². The molecule has 2 aromatic rings. The third-order valence-corrected chi connectivity index (χ3v) is 1.50. The lowest BCUT2D eigenvalue weighted by atomic mass is 10.2. The van der Waals surface area contributed by atoms with Crippen LogP contribution >= 0.6 is 0 Å². The Bertz CT molecular complexity index is 356. The minimum atomic E-state index is 0. The van der Waals surface area contributed by atoms with Crippen molar-refractivity contribution < 1.29 is 5.84 Å². The molecule has 0 aliphatic heterocycles. The van der Waals surface area contributed by atoms with Gasteiger partial charge in [0.05, 0.1) is 12.5 Å². The van der Waals surface area contributed by atoms with E-state index >= 15 is 0 Å². The minimum Gasteiger partial charge on any atom is -0.471 e. The summed E-state index contributed by atoms with van der Waals surface area (Å²) in [6, 6.07) is 5.69. The predicted octanol–water partition coefficient (Wildman–Crippen LogP) is 2.13. The van der Waals surface area contributed by atoms with Gasteiger partial charge in [-0.3, -0.25) is 0 Å². The van der Waals surface area contributed by atoms with E-state index in [1.807, 2.05) is 18.2 Å². The van der Waals surface area contributed by atoms with Crippen LogP contribution in [-0.4, -0.2) is 0 Å². The lowest BCUT2D eigenvalue weighted by Gasteiger charge is -1.89. The van der Waals surface area contributed by atoms with Crippen molar-refractivity contribution in [2.24, 2.45) is 0 Å². The SMILES string of the molecule is Nc1ccc2cocc2c1.[H+]. The molecule has 0 saturated carbocycles. The number of furan rings is 1. The third-order valence-electron chi connectivity index (χ3n) is 1.50. The van der Waals surface area contributed by atoms with Crippen LogP contribution < -0.4 is 5.73 Å². The summed E-state index contributed by atoms with van der Waals surface area (Å²) in [5.74, 6) is 0. The summed E-state index contributed by atoms with van der Waals surface area (Å²) in [6.45, 7) is 0. The largest absolute Gasteiger partial charge is 1.00 e. The van der Waals surface area contributed by atoms with E-state index in [-0.39, 0.29) is 1.43 Å². The van der Waals surface area contributed by atoms with Crippen LogP contribution in [-0.2, 0) is 0 Å². The van der Waals surface area contributed by atoms with Crippen molar-refractivity contribution in [1.82, 2.24) is 0 Å². The topological polar surface area (TPSA) is 39.2 Å². The molecule has 0 fully saturated rings. The highest BCUT2D eigenvalue weighted by molar-refractivity contribution is 5.83. The molecule has 0 saturated heterocycles. The van der Waals surface area contributed by atoms with E-state index in [0.29, 0.717) is 0 Å². The van der Waals surface area contributed by atoms with Crippen LogP contribution in [0.5, 0.6) is 0 Å². The van der Waals surface area contributed by atoms with Crippen LogP contribution in [0.15, 0.2) is 35.1 Å². The fourth-order valence-corrected chi connectivity index (χ4v) is 0.983. The summed E-state index contributed by atoms with van der Waals surface area (Å²) in [5.41, 5.74) is 6.31. The molecule has 1 heterocycles. The first kappa shape index (κ1) is 5.35. The second-order valence-electron chi connectivity index (χ2n) is 2.26. The zero-order chi connectivity index (χ0) is 6.97. The zero-order valence-electron chi connectivity index (χ0n) is 6.37. The molecule has 2 rings (SSSR count). The lowest BCUT2D eigenvalue weighted by molar-refractivity contribution is 0.572. The van der Waals surface area contributed by atoms with Gasteiger partial charge in [-0.2, -0.15) is 0 Å². The van der Waals surface area contributed by atoms with Crippen molar-refractivity contribution in [2.45, 2.75) is 0 Å². The Balaban J connectivity index is 0.000000605. The first-order valence-electron chi connectivity index (χ1n) is 3.08. The molecule has 50 valence electrons. The van der Waals surface area contributed by atoms with Crippen LogP contribution in [0.25, 0.3) is 10.8 Å². The maximum Gasteiger partial charge on any atom is 1.00 e. The van der Waals surface area contributed by atoms with Crippen LogP contribution in [0.3, 0.4) is 0 Å². The van der Waals surface area contributed by atoms with Crippen molar-refractivity contribution >= 4 is 16.5 Å². The normalized spacial score (nSPS) is 10.4. The molecule has 0 aliphatic rings. The first-order chi connectivity index (χ1) is 4.86. The summed E-state index contributed by atoms with van der Waals surface area (Å²) in [6.07, 6.45) is 3.39. The molecule has 2 N–H and O–H groups in total. The summed E-state index contributed by atoms with van der Waals surface area (Å²) >= 11 is 0. The molecular formula is C8H8NO+. The molecular weight excluding hydrogens is 126 g/mol. The van der Waals surface area contributed by atoms with Gasteiger partial charge in [0.15, 0.2) is 0 Å². The van der Waals surface area contributed by atoms with E-state index < -0.39 is 0 Å². The van der Waals surface area contributed by atoms with Crippen molar-refractivity contribution in [1.29, 1.82) is 0 Å². The Kier molecular flexibility index (Phi) is 0.947. The molecule has 2 heteroatoms. The number of fused-ring (bicyclic) bond motifs is 1. The van der Waals surface area contributed by atoms with Gasteiger partial charge in [-0.1, -0.05) is 0 Å². The van der Waals surface area contributed by atoms with E-state index in [9.17, 15) is 0 Å². The molecule has 1 aromatic heterocycles. The third kappa shape index (κ3) is 0.658. The maximum atomic E-state index is 5.54. The molecule has 2 nitrogen and oxygen atoms in total. The monoisotopic (exact) mass is 134 g/mol. The van der Waals surface area contributed by atoms with Crippen molar-refractivity contribution in [3.63, 3.8) is 0 Å². The molecule has 0 amide bonds. The van der Waals surface area contributed by atoms with Crippen molar-refractivity contribution in [3.8, 4) is 0 Å². The fourth-order valence-electron chi connectivity index (χ4n) is 0.983. The average molecular weight is 134 g/mol. The van der Waals surface area contributed by atoms with Crippen LogP contribution in [0.2, 0.25) is 0 Å². The minimum absolute atomic E-state index is 0. The quantitative estimate of drug-likeness (QED) is 0.560. The van der Waals surface area contributed by atoms with Crippen LogP contribution in [0.1, 0.15) is 1.43 Å². The number of hydrogen-bond donors (Lipinski definition) is 1. The Morgan fingerprint density at radius 1 is 1.20 bits per heavy atom. The van der Waals surface area contributed by atoms with Gasteiger partial charge in [0, 0.05) is 16.5 Å². The predicted molar refractivity (Wildman–Crippen MR) is 41.7 cm³/mol. The van der Waals surface area contributed by atoms with Gasteiger partial charge in [-0.25, -0.2) is 0 Å². The molecule has 10 heavy (non-hydrogen) atoms. The van der Waals surface area contributed by atoms with Gasteiger partial charge in [-0.15, -0.1) is 0 Å². The number of rotatable bonds is 0. The van der Waals surface area contributed by atoms with E-state index in [4.69, 9.17) is 10.2 Å². The molecule has 0 atom stereocenters. The standard InChI is InChI=1S/C8H7NO/c9-8-2-1-6-4-10-5-7(6)3-8/h1-5H,9H2/p+1. The zero-order valence-corrected chi connectivity index (χ0v) is 5.37. The maximum absolute atomic E-state index is 5.54. The van der Waals surface area contributed by atoms with Crippen LogP contribution in [0.4, 0.5) is 5.69 Å². The lowest BCUT2D eigenvalue weighted by Crippen LogP contribution is -1.80. The number of anilines is 1. The van der Waals surface area contributed by atoms with Crippen molar-refractivity contribution in [2.75, 3.05) is 5.73 Å². The molecule has 0 radical (unpaired) electrons. The van der Waals surface area contributed by atoms with Crippen LogP contribution in [0, 0.1) is 0 Å². The summed E-state index contributed by atoms with van der Waals surface area (Å²) < 4.78 is 4.96. The highest BCUT2D eigenvalue weighted by Crippen LogP contribution is 2.17. The van der Waals surface area contributed by atoms with E-state index in [0.717, 1.165) is 16.5 Å². The molecule has 1 aromatic carbocycles. The molecule has 0 bridgehead atoms. The van der Waals surface area contributed by atoms with Crippen molar-refractivity contribution in [3.05, 3.63) is 30.7 Å². The molecule has 0 aliphatic carbocycles. The van der Waals surface area contributed by atoms with Gasteiger partial charge >= 0.3 is 1.43 Å². The second-order valence-corrected chi connectivity index (χ2v) is 2.26. The van der Waals surface area contributed by atoms with Gasteiger partial charge in [0.1, 0.15) is 0 Å². The summed E-state index contributed by atoms with van der Waals surface area (Å²) in [7, 11) is 0. The smallest absolute Gasteiger partial charge is 0.471 e. The number of hydrogen-bond acceptors (Lipinski definition) is 2. The van der Waals surface area contributed by atoms with E-state index in [1.165, 1.54) is 0 Å². The Morgan fingerprint density at radius 3 is 2.90 bits per heavy atom. The Hall–Kier alpha value is -1.44. The highest BCUT2D eigenvalue weighted by Gasteiger charge is 1.93. The summed E-state index contributed by atoms with van der Waals surface area (Å²) in [5, 5.41) is 2.15. The highest BCUT2D eigenvalue weighted by atomic mass is 16.3. The number of benzene rings is 1. The number of nitrogens with two attached hydrogens (primary N) is 1. The molecule has 0 unspecified atom stereocenters. The van der Waals surface area contributed by atoms with Gasteiger partial charge in [0.25, 0.3) is 0 Å². The average Bonchev–Trinajstić information content (AvgIpc) is 2.33. The van der Waals surface area contributed by atoms with Gasteiger partial charge in [-0.05, 0) is 18.2 Å².